The van der Waals surface area contributed by atoms with Gasteiger partial charge in [-0.05, 0) is 19.8 Å². The Kier molecular flexibility index (Phi) is 5.26. The van der Waals surface area contributed by atoms with Crippen molar-refractivity contribution >= 4 is 28.0 Å². The molecule has 0 atom stereocenters. The molecule has 0 saturated carbocycles. The van der Waals surface area contributed by atoms with E-state index < -0.39 is 0 Å². The Balaban J connectivity index is 1.61. The third-order valence-electron chi connectivity index (χ3n) is 5.01. The average Bonchev–Trinajstić information content (AvgIpc) is 3.29. The van der Waals surface area contributed by atoms with Crippen LogP contribution in [-0.4, -0.2) is 25.5 Å². The summed E-state index contributed by atoms with van der Waals surface area (Å²) in [7, 11) is 0. The second kappa shape index (κ2) is 7.87. The maximum absolute atomic E-state index is 12.8. The van der Waals surface area contributed by atoms with E-state index in [1.807, 2.05) is 44.2 Å². The smallest absolute Gasteiger partial charge is 0.266 e. The summed E-state index contributed by atoms with van der Waals surface area (Å²) in [6.45, 7) is 7.96. The highest BCUT2D eigenvalue weighted by Crippen LogP contribution is 2.36. The van der Waals surface area contributed by atoms with Gasteiger partial charge < -0.3 is 5.32 Å². The van der Waals surface area contributed by atoms with E-state index in [0.717, 1.165) is 33.1 Å². The van der Waals surface area contributed by atoms with Gasteiger partial charge in [0, 0.05) is 33.5 Å². The Bertz CT molecular complexity index is 1280. The van der Waals surface area contributed by atoms with Gasteiger partial charge in [0.2, 0.25) is 5.91 Å². The molecule has 7 nitrogen and oxygen atoms in total. The lowest BCUT2D eigenvalue weighted by atomic mass is 10.1. The topological polar surface area (TPSA) is 92.1 Å². The number of amides is 1. The van der Waals surface area contributed by atoms with Crippen LogP contribution in [0.5, 0.6) is 0 Å². The average molecular weight is 422 g/mol. The van der Waals surface area contributed by atoms with Gasteiger partial charge in [0.1, 0.15) is 0 Å². The summed E-state index contributed by atoms with van der Waals surface area (Å²) in [6.07, 6.45) is 0.151. The molecular weight excluding hydrogens is 398 g/mol. The van der Waals surface area contributed by atoms with Crippen LogP contribution in [0.1, 0.15) is 41.6 Å². The first-order valence-corrected chi connectivity index (χ1v) is 10.6. The molecule has 0 aliphatic heterocycles. The first-order chi connectivity index (χ1) is 14.3. The SMILES string of the molecule is Cc1nc2cc(=O)[nH]n2c(C)c1CC(=O)Nc1nc(-c2ccccc2)c(C(C)C)s1. The van der Waals surface area contributed by atoms with Gasteiger partial charge in [-0.25, -0.2) is 14.5 Å². The first kappa shape index (κ1) is 20.0. The quantitative estimate of drug-likeness (QED) is 0.508. The lowest BCUT2D eigenvalue weighted by Crippen LogP contribution is -2.17. The van der Waals surface area contributed by atoms with Crippen molar-refractivity contribution in [3.05, 3.63) is 68.6 Å². The lowest BCUT2D eigenvalue weighted by Gasteiger charge is -2.11. The number of H-pyrrole nitrogens is 1. The third-order valence-corrected chi connectivity index (χ3v) is 6.28. The highest BCUT2D eigenvalue weighted by Gasteiger charge is 2.19. The lowest BCUT2D eigenvalue weighted by molar-refractivity contribution is -0.115. The number of carbonyl (C=O) groups is 1. The minimum atomic E-state index is -0.218. The molecule has 1 amide bonds. The molecule has 2 N–H and O–H groups in total. The fourth-order valence-electron chi connectivity index (χ4n) is 3.51. The molecule has 0 aliphatic rings. The molecule has 0 unspecified atom stereocenters. The van der Waals surface area contributed by atoms with Crippen LogP contribution < -0.4 is 10.9 Å². The van der Waals surface area contributed by atoms with Crippen LogP contribution in [-0.2, 0) is 11.2 Å². The second-order valence-electron chi connectivity index (χ2n) is 7.55. The number of carbonyl (C=O) groups excluding carboxylic acids is 1. The number of thiazole rings is 1. The number of fused-ring (bicyclic) bond motifs is 1. The van der Waals surface area contributed by atoms with E-state index in [1.54, 1.807) is 4.52 Å². The Labute approximate surface area is 177 Å². The Morgan fingerprint density at radius 2 is 1.93 bits per heavy atom. The van der Waals surface area contributed by atoms with Crippen LogP contribution in [0.3, 0.4) is 0 Å². The van der Waals surface area contributed by atoms with E-state index in [9.17, 15) is 9.59 Å². The van der Waals surface area contributed by atoms with Crippen molar-refractivity contribution in [1.82, 2.24) is 19.6 Å². The zero-order chi connectivity index (χ0) is 21.4. The maximum atomic E-state index is 12.8. The second-order valence-corrected chi connectivity index (χ2v) is 8.58. The molecular formula is C22H23N5O2S. The number of nitrogens with zero attached hydrogens (tertiary/aromatic N) is 3. The highest BCUT2D eigenvalue weighted by molar-refractivity contribution is 7.16. The largest absolute Gasteiger partial charge is 0.302 e. The van der Waals surface area contributed by atoms with Crippen LogP contribution in [0.4, 0.5) is 5.13 Å². The minimum Gasteiger partial charge on any atom is -0.302 e. The van der Waals surface area contributed by atoms with E-state index in [2.05, 4.69) is 29.2 Å². The molecule has 3 heterocycles. The predicted octanol–water partition coefficient (Wildman–Crippen LogP) is 4.07. The zero-order valence-electron chi connectivity index (χ0n) is 17.3. The number of aromatic amines is 1. The summed E-state index contributed by atoms with van der Waals surface area (Å²) < 4.78 is 1.62. The normalized spacial score (nSPS) is 11.4. The number of rotatable bonds is 5. The summed E-state index contributed by atoms with van der Waals surface area (Å²) in [5, 5.41) is 6.24. The van der Waals surface area contributed by atoms with Gasteiger partial charge >= 0.3 is 0 Å². The van der Waals surface area contributed by atoms with Gasteiger partial charge in [-0.3, -0.25) is 14.7 Å². The van der Waals surface area contributed by atoms with Crippen molar-refractivity contribution in [3.63, 3.8) is 0 Å². The summed E-state index contributed by atoms with van der Waals surface area (Å²) in [4.78, 5) is 34.7. The van der Waals surface area contributed by atoms with Gasteiger partial charge in [-0.1, -0.05) is 44.2 Å². The molecule has 0 spiro atoms. The van der Waals surface area contributed by atoms with Crippen LogP contribution in [0.2, 0.25) is 0 Å². The van der Waals surface area contributed by atoms with Crippen molar-refractivity contribution in [2.45, 2.75) is 40.0 Å². The number of nitrogens with one attached hydrogen (secondary N) is 2. The molecule has 0 fully saturated rings. The van der Waals surface area contributed by atoms with Crippen LogP contribution in [0.25, 0.3) is 16.9 Å². The number of benzene rings is 1. The predicted molar refractivity (Wildman–Crippen MR) is 119 cm³/mol. The monoisotopic (exact) mass is 421 g/mol. The van der Waals surface area contributed by atoms with Crippen molar-refractivity contribution in [3.8, 4) is 11.3 Å². The molecule has 0 radical (unpaired) electrons. The Morgan fingerprint density at radius 1 is 1.20 bits per heavy atom. The van der Waals surface area contributed by atoms with E-state index >= 15 is 0 Å². The van der Waals surface area contributed by atoms with Crippen LogP contribution >= 0.6 is 11.3 Å². The number of aromatic nitrogens is 4. The van der Waals surface area contributed by atoms with Gasteiger partial charge in [0.25, 0.3) is 5.56 Å². The molecule has 0 aliphatic carbocycles. The molecule has 4 aromatic rings. The maximum Gasteiger partial charge on any atom is 0.266 e. The van der Waals surface area contributed by atoms with Crippen molar-refractivity contribution in [1.29, 1.82) is 0 Å². The van der Waals surface area contributed by atoms with Crippen LogP contribution in [0.15, 0.2) is 41.2 Å². The van der Waals surface area contributed by atoms with E-state index in [0.29, 0.717) is 16.7 Å². The van der Waals surface area contributed by atoms with Crippen molar-refractivity contribution in [2.75, 3.05) is 5.32 Å². The molecule has 3 aromatic heterocycles. The van der Waals surface area contributed by atoms with Gasteiger partial charge in [0.15, 0.2) is 10.8 Å². The number of hydrogen-bond donors (Lipinski definition) is 2. The van der Waals surface area contributed by atoms with Crippen molar-refractivity contribution in [2.24, 2.45) is 0 Å². The third kappa shape index (κ3) is 3.78. The number of aryl methyl sites for hydroxylation is 2. The van der Waals surface area contributed by atoms with E-state index in [1.165, 1.54) is 17.4 Å². The number of hydrogen-bond acceptors (Lipinski definition) is 5. The van der Waals surface area contributed by atoms with E-state index in [-0.39, 0.29) is 17.9 Å². The summed E-state index contributed by atoms with van der Waals surface area (Å²) in [5.74, 6) is 0.130. The molecule has 0 bridgehead atoms. The summed E-state index contributed by atoms with van der Waals surface area (Å²) in [5.41, 5.74) is 4.59. The number of anilines is 1. The molecule has 154 valence electrons. The Hall–Kier alpha value is -3.26. The highest BCUT2D eigenvalue weighted by atomic mass is 32.1. The van der Waals surface area contributed by atoms with E-state index in [4.69, 9.17) is 4.98 Å². The summed E-state index contributed by atoms with van der Waals surface area (Å²) in [6, 6.07) is 11.4. The molecule has 0 saturated heterocycles. The zero-order valence-corrected chi connectivity index (χ0v) is 18.1. The fraction of sp³-hybridized carbons (Fsp3) is 0.273. The summed E-state index contributed by atoms with van der Waals surface area (Å²) >= 11 is 1.50. The van der Waals surface area contributed by atoms with Gasteiger partial charge in [0.05, 0.1) is 12.1 Å². The van der Waals surface area contributed by atoms with Crippen LogP contribution in [0, 0.1) is 13.8 Å². The Morgan fingerprint density at radius 3 is 2.63 bits per heavy atom. The molecule has 8 heteroatoms. The fourth-order valence-corrected chi connectivity index (χ4v) is 4.52. The molecule has 1 aromatic carbocycles. The minimum absolute atomic E-state index is 0.151. The van der Waals surface area contributed by atoms with Gasteiger partial charge in [-0.15, -0.1) is 11.3 Å². The molecule has 30 heavy (non-hydrogen) atoms. The standard InChI is InChI=1S/C22H23N5O2S/c1-12(2)21-20(15-8-6-5-7-9-15)25-22(30-21)24-18(28)10-16-13(3)23-17-11-19(29)26-27(17)14(16)4/h5-9,11-12H,10H2,1-4H3,(H,26,29)(H,24,25,28). The van der Waals surface area contributed by atoms with Crippen molar-refractivity contribution < 1.29 is 4.79 Å². The molecule has 4 rings (SSSR count). The van der Waals surface area contributed by atoms with Gasteiger partial charge in [-0.2, -0.15) is 0 Å². The first-order valence-electron chi connectivity index (χ1n) is 9.77.